The summed E-state index contributed by atoms with van der Waals surface area (Å²) < 4.78 is 5.07. The van der Waals surface area contributed by atoms with Crippen LogP contribution in [0.5, 0.6) is 11.5 Å². The van der Waals surface area contributed by atoms with Gasteiger partial charge in [-0.1, -0.05) is 32.3 Å². The number of rotatable bonds is 6. The van der Waals surface area contributed by atoms with E-state index in [1.165, 1.54) is 7.11 Å². The molecule has 23 heavy (non-hydrogen) atoms. The molecule has 0 radical (unpaired) electrons. The van der Waals surface area contributed by atoms with Crippen LogP contribution >= 0.6 is 0 Å². The van der Waals surface area contributed by atoms with E-state index in [0.29, 0.717) is 31.6 Å². The lowest BCUT2D eigenvalue weighted by molar-refractivity contribution is -0.138. The number of phenolic OH excluding ortho intramolecular Hbond substituents is 1. The van der Waals surface area contributed by atoms with Crippen molar-refractivity contribution >= 4 is 5.91 Å². The summed E-state index contributed by atoms with van der Waals surface area (Å²) in [5.74, 6) is -0.0222. The Morgan fingerprint density at radius 3 is 2.65 bits per heavy atom. The minimum Gasteiger partial charge on any atom is -0.504 e. The second kappa shape index (κ2) is 7.68. The standard InChI is InChI=1S/C18H27NO4/c1-3-14(18(22)9-5-4-6-10-18)17(21)19-12-13-7-8-15(20)16(11-13)23-2/h7-8,11,14,20,22H,3-6,9-10,12H2,1-2H3,(H,19,21)/t14-/m1/s1. The average Bonchev–Trinajstić information content (AvgIpc) is 2.55. The first-order chi connectivity index (χ1) is 11.0. The number of hydrogen-bond acceptors (Lipinski definition) is 4. The molecular formula is C18H27NO4. The maximum atomic E-state index is 12.5. The van der Waals surface area contributed by atoms with Gasteiger partial charge in [0.1, 0.15) is 0 Å². The van der Waals surface area contributed by atoms with Gasteiger partial charge in [0.25, 0.3) is 0 Å². The molecule has 1 atom stereocenters. The molecule has 2 rings (SSSR count). The van der Waals surface area contributed by atoms with Gasteiger partial charge in [-0.05, 0) is 37.0 Å². The molecule has 1 fully saturated rings. The van der Waals surface area contributed by atoms with Gasteiger partial charge in [-0.2, -0.15) is 0 Å². The van der Waals surface area contributed by atoms with Crippen molar-refractivity contribution in [1.82, 2.24) is 5.32 Å². The maximum Gasteiger partial charge on any atom is 0.226 e. The lowest BCUT2D eigenvalue weighted by atomic mass is 9.74. The van der Waals surface area contributed by atoms with E-state index >= 15 is 0 Å². The van der Waals surface area contributed by atoms with Crippen LogP contribution in [-0.4, -0.2) is 28.8 Å². The van der Waals surface area contributed by atoms with Crippen LogP contribution in [0.25, 0.3) is 0 Å². The highest BCUT2D eigenvalue weighted by Crippen LogP contribution is 2.36. The Balaban J connectivity index is 1.99. The monoisotopic (exact) mass is 321 g/mol. The molecule has 128 valence electrons. The first kappa shape index (κ1) is 17.6. The normalized spacial score (nSPS) is 18.2. The molecule has 0 aliphatic heterocycles. The minimum absolute atomic E-state index is 0.0746. The molecule has 1 amide bonds. The van der Waals surface area contributed by atoms with Gasteiger partial charge >= 0.3 is 0 Å². The van der Waals surface area contributed by atoms with Gasteiger partial charge in [0.05, 0.1) is 18.6 Å². The number of nitrogens with one attached hydrogen (secondary N) is 1. The number of phenols is 1. The summed E-state index contributed by atoms with van der Waals surface area (Å²) in [4.78, 5) is 12.5. The SMILES string of the molecule is CC[C@H](C(=O)NCc1ccc(O)c(OC)c1)C1(O)CCCCC1. The number of benzene rings is 1. The Morgan fingerprint density at radius 2 is 2.04 bits per heavy atom. The number of ether oxygens (including phenoxy) is 1. The molecule has 0 unspecified atom stereocenters. The molecule has 0 bridgehead atoms. The predicted molar refractivity (Wildman–Crippen MR) is 88.3 cm³/mol. The Labute approximate surface area is 137 Å². The summed E-state index contributed by atoms with van der Waals surface area (Å²) in [5, 5.41) is 23.3. The molecule has 0 spiro atoms. The lowest BCUT2D eigenvalue weighted by Gasteiger charge is -2.38. The van der Waals surface area contributed by atoms with Crippen LogP contribution in [0.1, 0.15) is 51.0 Å². The van der Waals surface area contributed by atoms with Crippen LogP contribution in [0.4, 0.5) is 0 Å². The molecular weight excluding hydrogens is 294 g/mol. The third-order valence-electron chi connectivity index (χ3n) is 4.80. The van der Waals surface area contributed by atoms with Crippen molar-refractivity contribution in [2.24, 2.45) is 5.92 Å². The Kier molecular flexibility index (Phi) is 5.88. The van der Waals surface area contributed by atoms with Crippen LogP contribution in [0.2, 0.25) is 0 Å². The van der Waals surface area contributed by atoms with Crippen molar-refractivity contribution in [1.29, 1.82) is 0 Å². The van der Waals surface area contributed by atoms with Crippen molar-refractivity contribution in [3.63, 3.8) is 0 Å². The summed E-state index contributed by atoms with van der Waals surface area (Å²) in [7, 11) is 1.49. The van der Waals surface area contributed by atoms with Crippen molar-refractivity contribution in [3.05, 3.63) is 23.8 Å². The summed E-state index contributed by atoms with van der Waals surface area (Å²) in [6.45, 7) is 2.29. The van der Waals surface area contributed by atoms with Crippen LogP contribution in [0, 0.1) is 5.92 Å². The topological polar surface area (TPSA) is 78.8 Å². The van der Waals surface area contributed by atoms with Gasteiger partial charge in [-0.15, -0.1) is 0 Å². The summed E-state index contributed by atoms with van der Waals surface area (Å²) >= 11 is 0. The summed E-state index contributed by atoms with van der Waals surface area (Å²) in [6, 6.07) is 4.99. The van der Waals surface area contributed by atoms with Gasteiger partial charge in [0.15, 0.2) is 11.5 Å². The van der Waals surface area contributed by atoms with Gasteiger partial charge in [0, 0.05) is 6.54 Å². The first-order valence-corrected chi connectivity index (χ1v) is 8.36. The third kappa shape index (κ3) is 4.16. The number of hydrogen-bond donors (Lipinski definition) is 3. The molecule has 1 aromatic carbocycles. The van der Waals surface area contributed by atoms with Crippen molar-refractivity contribution < 1.29 is 19.7 Å². The second-order valence-corrected chi connectivity index (χ2v) is 6.35. The zero-order valence-corrected chi connectivity index (χ0v) is 14.0. The van der Waals surface area contributed by atoms with Gasteiger partial charge in [0.2, 0.25) is 5.91 Å². The van der Waals surface area contributed by atoms with E-state index in [1.807, 2.05) is 6.92 Å². The van der Waals surface area contributed by atoms with Crippen LogP contribution < -0.4 is 10.1 Å². The zero-order chi connectivity index (χ0) is 16.9. The summed E-state index contributed by atoms with van der Waals surface area (Å²) in [6.07, 6.45) is 5.12. The number of aromatic hydroxyl groups is 1. The molecule has 0 saturated heterocycles. The van der Waals surface area contributed by atoms with E-state index in [2.05, 4.69) is 5.32 Å². The quantitative estimate of drug-likeness (QED) is 0.753. The molecule has 1 saturated carbocycles. The number of aliphatic hydroxyl groups is 1. The predicted octanol–water partition coefficient (Wildman–Crippen LogP) is 2.74. The third-order valence-corrected chi connectivity index (χ3v) is 4.80. The van der Waals surface area contributed by atoms with E-state index in [0.717, 1.165) is 24.8 Å². The van der Waals surface area contributed by atoms with E-state index in [1.54, 1.807) is 18.2 Å². The van der Waals surface area contributed by atoms with Gasteiger partial charge in [-0.25, -0.2) is 0 Å². The van der Waals surface area contributed by atoms with E-state index in [-0.39, 0.29) is 17.6 Å². The van der Waals surface area contributed by atoms with Crippen molar-refractivity contribution in [2.75, 3.05) is 7.11 Å². The van der Waals surface area contributed by atoms with Crippen LogP contribution in [0.15, 0.2) is 18.2 Å². The highest BCUT2D eigenvalue weighted by molar-refractivity contribution is 5.79. The van der Waals surface area contributed by atoms with Crippen LogP contribution in [0.3, 0.4) is 0 Å². The molecule has 3 N–H and O–H groups in total. The van der Waals surface area contributed by atoms with Gasteiger partial charge < -0.3 is 20.3 Å². The fourth-order valence-corrected chi connectivity index (χ4v) is 3.47. The highest BCUT2D eigenvalue weighted by Gasteiger charge is 2.40. The molecule has 1 aromatic rings. The average molecular weight is 321 g/mol. The van der Waals surface area contributed by atoms with Crippen molar-refractivity contribution in [3.8, 4) is 11.5 Å². The van der Waals surface area contributed by atoms with Crippen LogP contribution in [-0.2, 0) is 11.3 Å². The minimum atomic E-state index is -0.871. The maximum absolute atomic E-state index is 12.5. The van der Waals surface area contributed by atoms with Gasteiger partial charge in [-0.3, -0.25) is 4.79 Å². The van der Waals surface area contributed by atoms with E-state index < -0.39 is 5.60 Å². The molecule has 5 nitrogen and oxygen atoms in total. The smallest absolute Gasteiger partial charge is 0.226 e. The molecule has 5 heteroatoms. The Hall–Kier alpha value is -1.75. The van der Waals surface area contributed by atoms with E-state index in [9.17, 15) is 15.0 Å². The molecule has 1 aliphatic rings. The lowest BCUT2D eigenvalue weighted by Crippen LogP contribution is -2.47. The fourth-order valence-electron chi connectivity index (χ4n) is 3.47. The Bertz CT molecular complexity index is 538. The first-order valence-electron chi connectivity index (χ1n) is 8.36. The molecule has 0 aromatic heterocycles. The molecule has 1 aliphatic carbocycles. The van der Waals surface area contributed by atoms with E-state index in [4.69, 9.17) is 4.74 Å². The zero-order valence-electron chi connectivity index (χ0n) is 14.0. The summed E-state index contributed by atoms with van der Waals surface area (Å²) in [5.41, 5.74) is -0.0255. The molecule has 0 heterocycles. The largest absolute Gasteiger partial charge is 0.504 e. The number of carbonyl (C=O) groups excluding carboxylic acids is 1. The fraction of sp³-hybridized carbons (Fsp3) is 0.611. The highest BCUT2D eigenvalue weighted by atomic mass is 16.5. The second-order valence-electron chi connectivity index (χ2n) is 6.35. The van der Waals surface area contributed by atoms with Crippen molar-refractivity contribution in [2.45, 2.75) is 57.6 Å². The Morgan fingerprint density at radius 1 is 1.35 bits per heavy atom. The number of carbonyl (C=O) groups is 1. The number of methoxy groups -OCH3 is 1. The number of amides is 1.